The third kappa shape index (κ3) is 8.53. The summed E-state index contributed by atoms with van der Waals surface area (Å²) in [4.78, 5) is 4.22. The first-order valence-corrected chi connectivity index (χ1v) is 8.31. The molecule has 124 valence electrons. The minimum atomic E-state index is 0. The summed E-state index contributed by atoms with van der Waals surface area (Å²) in [5.74, 6) is 3.74. The summed E-state index contributed by atoms with van der Waals surface area (Å²) < 4.78 is 5.62. The SMILES string of the molecule is C=CCSCCNC(=NC)NCc1ccccc1OCC.I. The lowest BCUT2D eigenvalue weighted by molar-refractivity contribution is 0.336. The summed E-state index contributed by atoms with van der Waals surface area (Å²) in [5, 5.41) is 6.60. The van der Waals surface area contributed by atoms with Gasteiger partial charge in [0, 0.05) is 37.2 Å². The molecule has 0 unspecified atom stereocenters. The number of thioether (sulfide) groups is 1. The molecule has 4 nitrogen and oxygen atoms in total. The van der Waals surface area contributed by atoms with Gasteiger partial charge in [0.1, 0.15) is 5.75 Å². The average molecular weight is 435 g/mol. The Morgan fingerprint density at radius 3 is 2.82 bits per heavy atom. The lowest BCUT2D eigenvalue weighted by atomic mass is 10.2. The summed E-state index contributed by atoms with van der Waals surface area (Å²) in [7, 11) is 1.78. The van der Waals surface area contributed by atoms with Crippen LogP contribution < -0.4 is 15.4 Å². The van der Waals surface area contributed by atoms with Gasteiger partial charge in [0.2, 0.25) is 0 Å². The van der Waals surface area contributed by atoms with Crippen LogP contribution in [-0.4, -0.2) is 37.7 Å². The maximum absolute atomic E-state index is 5.62. The highest BCUT2D eigenvalue weighted by Gasteiger charge is 2.03. The van der Waals surface area contributed by atoms with Crippen LogP contribution in [0.3, 0.4) is 0 Å². The number of aliphatic imine (C=N–C) groups is 1. The van der Waals surface area contributed by atoms with E-state index in [2.05, 4.69) is 28.3 Å². The van der Waals surface area contributed by atoms with Crippen LogP contribution in [-0.2, 0) is 6.54 Å². The standard InChI is InChI=1S/C16H25N3OS.HI/c1-4-11-21-12-10-18-16(17-3)19-13-14-8-6-7-9-15(14)20-5-2;/h4,6-9H,1,5,10-13H2,2-3H3,(H2,17,18,19);1H. The van der Waals surface area contributed by atoms with Crippen molar-refractivity contribution >= 4 is 41.7 Å². The van der Waals surface area contributed by atoms with Gasteiger partial charge in [-0.25, -0.2) is 0 Å². The minimum absolute atomic E-state index is 0. The van der Waals surface area contributed by atoms with Gasteiger partial charge in [-0.3, -0.25) is 4.99 Å². The van der Waals surface area contributed by atoms with E-state index in [-0.39, 0.29) is 24.0 Å². The van der Waals surface area contributed by atoms with Gasteiger partial charge >= 0.3 is 0 Å². The number of hydrogen-bond donors (Lipinski definition) is 2. The zero-order valence-corrected chi connectivity index (χ0v) is 16.4. The summed E-state index contributed by atoms with van der Waals surface area (Å²) in [5.41, 5.74) is 1.13. The van der Waals surface area contributed by atoms with Gasteiger partial charge in [-0.05, 0) is 13.0 Å². The largest absolute Gasteiger partial charge is 0.494 e. The number of para-hydroxylation sites is 1. The first-order valence-electron chi connectivity index (χ1n) is 7.15. The van der Waals surface area contributed by atoms with E-state index in [4.69, 9.17) is 4.74 Å². The molecule has 0 aliphatic rings. The van der Waals surface area contributed by atoms with E-state index >= 15 is 0 Å². The normalized spacial score (nSPS) is 10.5. The molecule has 1 aromatic rings. The second kappa shape index (κ2) is 13.8. The minimum Gasteiger partial charge on any atom is -0.494 e. The molecule has 0 bridgehead atoms. The van der Waals surface area contributed by atoms with Crippen LogP contribution in [0.1, 0.15) is 12.5 Å². The van der Waals surface area contributed by atoms with E-state index in [0.717, 1.165) is 35.3 Å². The Bertz CT molecular complexity index is 455. The highest BCUT2D eigenvalue weighted by atomic mass is 127. The summed E-state index contributed by atoms with van der Waals surface area (Å²) in [6.45, 7) is 7.94. The van der Waals surface area contributed by atoms with Crippen molar-refractivity contribution in [2.45, 2.75) is 13.5 Å². The summed E-state index contributed by atoms with van der Waals surface area (Å²) in [6, 6.07) is 8.05. The van der Waals surface area contributed by atoms with Gasteiger partial charge in [-0.15, -0.1) is 30.6 Å². The number of halogens is 1. The summed E-state index contributed by atoms with van der Waals surface area (Å²) >= 11 is 1.85. The lowest BCUT2D eigenvalue weighted by Gasteiger charge is -2.14. The van der Waals surface area contributed by atoms with Gasteiger partial charge < -0.3 is 15.4 Å². The molecule has 6 heteroatoms. The molecule has 0 amide bonds. The molecular weight excluding hydrogens is 409 g/mol. The number of ether oxygens (including phenoxy) is 1. The second-order valence-corrected chi connectivity index (χ2v) is 5.41. The average Bonchev–Trinajstić information content (AvgIpc) is 2.51. The summed E-state index contributed by atoms with van der Waals surface area (Å²) in [6.07, 6.45) is 1.92. The molecule has 2 N–H and O–H groups in total. The quantitative estimate of drug-likeness (QED) is 0.206. The van der Waals surface area contributed by atoms with Crippen LogP contribution in [0.15, 0.2) is 41.9 Å². The molecule has 0 saturated heterocycles. The zero-order valence-electron chi connectivity index (χ0n) is 13.3. The van der Waals surface area contributed by atoms with Gasteiger partial charge in [-0.2, -0.15) is 11.8 Å². The third-order valence-corrected chi connectivity index (χ3v) is 3.68. The Balaban J connectivity index is 0.00000441. The van der Waals surface area contributed by atoms with E-state index in [1.165, 1.54) is 0 Å². The Hall–Kier alpha value is -0.890. The number of hydrogen-bond acceptors (Lipinski definition) is 3. The molecule has 0 radical (unpaired) electrons. The molecule has 0 fully saturated rings. The Morgan fingerprint density at radius 2 is 2.14 bits per heavy atom. The van der Waals surface area contributed by atoms with Crippen LogP contribution in [0.4, 0.5) is 0 Å². The predicted molar refractivity (Wildman–Crippen MR) is 109 cm³/mol. The van der Waals surface area contributed by atoms with Crippen molar-refractivity contribution in [3.8, 4) is 5.75 Å². The molecule has 0 spiro atoms. The van der Waals surface area contributed by atoms with Crippen molar-refractivity contribution in [2.24, 2.45) is 4.99 Å². The van der Waals surface area contributed by atoms with Crippen molar-refractivity contribution in [3.05, 3.63) is 42.5 Å². The number of nitrogens with one attached hydrogen (secondary N) is 2. The first-order chi connectivity index (χ1) is 10.3. The Morgan fingerprint density at radius 1 is 1.36 bits per heavy atom. The van der Waals surface area contributed by atoms with Crippen LogP contribution in [0, 0.1) is 0 Å². The van der Waals surface area contributed by atoms with Gasteiger partial charge in [0.25, 0.3) is 0 Å². The monoisotopic (exact) mass is 435 g/mol. The van der Waals surface area contributed by atoms with Crippen molar-refractivity contribution < 1.29 is 4.74 Å². The second-order valence-electron chi connectivity index (χ2n) is 4.26. The van der Waals surface area contributed by atoms with Crippen molar-refractivity contribution in [1.29, 1.82) is 0 Å². The topological polar surface area (TPSA) is 45.7 Å². The molecular formula is C16H26IN3OS. The Kier molecular flexibility index (Phi) is 13.2. The fourth-order valence-electron chi connectivity index (χ4n) is 1.75. The molecule has 22 heavy (non-hydrogen) atoms. The molecule has 0 saturated carbocycles. The predicted octanol–water partition coefficient (Wildman–Crippen LogP) is 3.29. The van der Waals surface area contributed by atoms with E-state index in [1.807, 2.05) is 43.0 Å². The van der Waals surface area contributed by atoms with Gasteiger partial charge in [0.05, 0.1) is 6.61 Å². The van der Waals surface area contributed by atoms with E-state index < -0.39 is 0 Å². The Labute approximate surface area is 155 Å². The molecule has 0 aliphatic heterocycles. The first kappa shape index (κ1) is 21.1. The van der Waals surface area contributed by atoms with Crippen LogP contribution >= 0.6 is 35.7 Å². The number of nitrogens with zero attached hydrogens (tertiary/aromatic N) is 1. The molecule has 0 heterocycles. The fourth-order valence-corrected chi connectivity index (χ4v) is 2.33. The van der Waals surface area contributed by atoms with Crippen molar-refractivity contribution in [1.82, 2.24) is 10.6 Å². The van der Waals surface area contributed by atoms with Crippen LogP contribution in [0.25, 0.3) is 0 Å². The maximum Gasteiger partial charge on any atom is 0.191 e. The van der Waals surface area contributed by atoms with Crippen molar-refractivity contribution in [3.63, 3.8) is 0 Å². The number of rotatable bonds is 9. The highest BCUT2D eigenvalue weighted by Crippen LogP contribution is 2.17. The molecule has 1 rings (SSSR count). The molecule has 1 aromatic carbocycles. The van der Waals surface area contributed by atoms with Crippen molar-refractivity contribution in [2.75, 3.05) is 31.7 Å². The van der Waals surface area contributed by atoms with E-state index in [9.17, 15) is 0 Å². The lowest BCUT2D eigenvalue weighted by Crippen LogP contribution is -2.38. The van der Waals surface area contributed by atoms with Crippen LogP contribution in [0.2, 0.25) is 0 Å². The highest BCUT2D eigenvalue weighted by molar-refractivity contribution is 14.0. The maximum atomic E-state index is 5.62. The zero-order chi connectivity index (χ0) is 15.3. The van der Waals surface area contributed by atoms with E-state index in [0.29, 0.717) is 13.2 Å². The van der Waals surface area contributed by atoms with Gasteiger partial charge in [-0.1, -0.05) is 24.3 Å². The fraction of sp³-hybridized carbons (Fsp3) is 0.438. The molecule has 0 aliphatic carbocycles. The number of guanidine groups is 1. The van der Waals surface area contributed by atoms with Gasteiger partial charge in [0.15, 0.2) is 5.96 Å². The number of benzene rings is 1. The molecule has 0 aromatic heterocycles. The smallest absolute Gasteiger partial charge is 0.191 e. The van der Waals surface area contributed by atoms with Crippen LogP contribution in [0.5, 0.6) is 5.75 Å². The molecule has 0 atom stereocenters. The third-order valence-electron chi connectivity index (χ3n) is 2.72. The van der Waals surface area contributed by atoms with E-state index in [1.54, 1.807) is 7.05 Å².